The number of rotatable bonds is 4. The summed E-state index contributed by atoms with van der Waals surface area (Å²) in [5, 5.41) is 0. The van der Waals surface area contributed by atoms with Gasteiger partial charge in [0, 0.05) is 13.5 Å². The molecule has 0 aliphatic carbocycles. The minimum absolute atomic E-state index is 0.101. The monoisotopic (exact) mass is 318 g/mol. The van der Waals surface area contributed by atoms with Crippen molar-refractivity contribution < 1.29 is 32.1 Å². The number of ether oxygens (including phenoxy) is 4. The standard InChI is InChI=1S/C15H17F3O4/c1-19-11-6-12(14-21-8-13(11)22-14)20-7-9-4-2-3-5-10(9)15(16,17)18/h2-5,11-14H,6-8H2,1H3. The van der Waals surface area contributed by atoms with Gasteiger partial charge in [0.05, 0.1) is 24.9 Å². The molecule has 1 aromatic rings. The number of fused-ring (bicyclic) bond motifs is 2. The van der Waals surface area contributed by atoms with E-state index in [0.717, 1.165) is 6.07 Å². The smallest absolute Gasteiger partial charge is 0.379 e. The SMILES string of the molecule is COC1CC(OCc2ccccc2C(F)(F)F)C2OCC1O2. The molecule has 7 heteroatoms. The van der Waals surface area contributed by atoms with Gasteiger partial charge in [-0.25, -0.2) is 0 Å². The molecule has 2 aliphatic rings. The van der Waals surface area contributed by atoms with Gasteiger partial charge in [-0.3, -0.25) is 0 Å². The fourth-order valence-corrected chi connectivity index (χ4v) is 2.84. The van der Waals surface area contributed by atoms with Crippen LogP contribution in [0.1, 0.15) is 17.5 Å². The highest BCUT2D eigenvalue weighted by Gasteiger charge is 2.45. The predicted molar refractivity (Wildman–Crippen MR) is 70.0 cm³/mol. The van der Waals surface area contributed by atoms with Crippen molar-refractivity contribution in [1.29, 1.82) is 0 Å². The highest BCUT2D eigenvalue weighted by Crippen LogP contribution is 2.34. The fourth-order valence-electron chi connectivity index (χ4n) is 2.84. The predicted octanol–water partition coefficient (Wildman–Crippen LogP) is 2.75. The van der Waals surface area contributed by atoms with Crippen molar-refractivity contribution in [2.45, 2.75) is 43.8 Å². The van der Waals surface area contributed by atoms with Crippen LogP contribution in [0.5, 0.6) is 0 Å². The van der Waals surface area contributed by atoms with Crippen molar-refractivity contribution in [3.8, 4) is 0 Å². The van der Waals surface area contributed by atoms with Gasteiger partial charge in [-0.1, -0.05) is 18.2 Å². The first-order valence-electron chi connectivity index (χ1n) is 7.05. The van der Waals surface area contributed by atoms with E-state index in [9.17, 15) is 13.2 Å². The zero-order valence-electron chi connectivity index (χ0n) is 12.0. The molecule has 0 saturated carbocycles. The van der Waals surface area contributed by atoms with Gasteiger partial charge in [0.15, 0.2) is 6.29 Å². The third-order valence-corrected chi connectivity index (χ3v) is 3.99. The first-order valence-corrected chi connectivity index (χ1v) is 7.05. The zero-order chi connectivity index (χ0) is 15.7. The van der Waals surface area contributed by atoms with E-state index in [0.29, 0.717) is 13.0 Å². The molecule has 4 atom stereocenters. The molecule has 0 aromatic heterocycles. The topological polar surface area (TPSA) is 36.9 Å². The third kappa shape index (κ3) is 3.12. The van der Waals surface area contributed by atoms with E-state index in [-0.39, 0.29) is 24.4 Å². The van der Waals surface area contributed by atoms with Crippen molar-refractivity contribution >= 4 is 0 Å². The Morgan fingerprint density at radius 3 is 2.73 bits per heavy atom. The maximum absolute atomic E-state index is 13.0. The number of methoxy groups -OCH3 is 1. The van der Waals surface area contributed by atoms with Gasteiger partial charge in [0.1, 0.15) is 12.2 Å². The summed E-state index contributed by atoms with van der Waals surface area (Å²) in [5.74, 6) is 0. The van der Waals surface area contributed by atoms with Gasteiger partial charge in [0.25, 0.3) is 0 Å². The number of hydrogen-bond donors (Lipinski definition) is 0. The highest BCUT2D eigenvalue weighted by molar-refractivity contribution is 5.29. The van der Waals surface area contributed by atoms with Crippen LogP contribution < -0.4 is 0 Å². The molecule has 22 heavy (non-hydrogen) atoms. The molecule has 2 fully saturated rings. The Morgan fingerprint density at radius 2 is 2.00 bits per heavy atom. The Hall–Kier alpha value is -1.15. The van der Waals surface area contributed by atoms with E-state index in [4.69, 9.17) is 18.9 Å². The molecular weight excluding hydrogens is 301 g/mol. The van der Waals surface area contributed by atoms with Crippen LogP contribution in [-0.4, -0.2) is 38.3 Å². The maximum Gasteiger partial charge on any atom is 0.416 e. The second-order valence-electron chi connectivity index (χ2n) is 5.39. The van der Waals surface area contributed by atoms with E-state index in [1.807, 2.05) is 0 Å². The van der Waals surface area contributed by atoms with Crippen molar-refractivity contribution in [3.05, 3.63) is 35.4 Å². The largest absolute Gasteiger partial charge is 0.416 e. The first-order chi connectivity index (χ1) is 10.5. The molecular formula is C15H17F3O4. The van der Waals surface area contributed by atoms with Crippen molar-refractivity contribution in [2.75, 3.05) is 13.7 Å². The summed E-state index contributed by atoms with van der Waals surface area (Å²) < 4.78 is 60.9. The van der Waals surface area contributed by atoms with Crippen molar-refractivity contribution in [1.82, 2.24) is 0 Å². The van der Waals surface area contributed by atoms with E-state index < -0.39 is 24.1 Å². The van der Waals surface area contributed by atoms with Crippen LogP contribution in [0.3, 0.4) is 0 Å². The molecule has 2 aliphatic heterocycles. The van der Waals surface area contributed by atoms with Crippen LogP contribution >= 0.6 is 0 Å². The van der Waals surface area contributed by atoms with Crippen LogP contribution in [0.4, 0.5) is 13.2 Å². The van der Waals surface area contributed by atoms with Crippen LogP contribution in [0.25, 0.3) is 0 Å². The van der Waals surface area contributed by atoms with Crippen LogP contribution in [0.2, 0.25) is 0 Å². The van der Waals surface area contributed by atoms with Crippen LogP contribution in [0, 0.1) is 0 Å². The first kappa shape index (κ1) is 15.7. The Morgan fingerprint density at radius 1 is 1.23 bits per heavy atom. The molecule has 0 N–H and O–H groups in total. The number of alkyl halides is 3. The van der Waals surface area contributed by atoms with Crippen LogP contribution in [-0.2, 0) is 31.7 Å². The van der Waals surface area contributed by atoms with E-state index in [1.54, 1.807) is 13.2 Å². The molecule has 2 heterocycles. The molecule has 0 amide bonds. The number of benzene rings is 1. The minimum atomic E-state index is -4.40. The third-order valence-electron chi connectivity index (χ3n) is 3.99. The van der Waals surface area contributed by atoms with Crippen LogP contribution in [0.15, 0.2) is 24.3 Å². The summed E-state index contributed by atoms with van der Waals surface area (Å²) in [4.78, 5) is 0. The Bertz CT molecular complexity index is 520. The second kappa shape index (κ2) is 6.16. The van der Waals surface area contributed by atoms with Gasteiger partial charge in [-0.2, -0.15) is 13.2 Å². The summed E-state index contributed by atoms with van der Waals surface area (Å²) in [6, 6.07) is 5.39. The second-order valence-corrected chi connectivity index (χ2v) is 5.39. The molecule has 2 bridgehead atoms. The lowest BCUT2D eigenvalue weighted by atomic mass is 10.0. The lowest BCUT2D eigenvalue weighted by Crippen LogP contribution is -2.44. The maximum atomic E-state index is 13.0. The summed E-state index contributed by atoms with van der Waals surface area (Å²) in [6.07, 6.45) is -5.12. The van der Waals surface area contributed by atoms with Gasteiger partial charge < -0.3 is 18.9 Å². The average molecular weight is 318 g/mol. The zero-order valence-corrected chi connectivity index (χ0v) is 12.0. The molecule has 1 aromatic carbocycles. The number of halogens is 3. The quantitative estimate of drug-likeness (QED) is 0.855. The average Bonchev–Trinajstić information content (AvgIpc) is 2.91. The number of hydrogen-bond acceptors (Lipinski definition) is 4. The van der Waals surface area contributed by atoms with Crippen molar-refractivity contribution in [3.63, 3.8) is 0 Å². The molecule has 4 unspecified atom stereocenters. The summed E-state index contributed by atoms with van der Waals surface area (Å²) in [5.41, 5.74) is -0.579. The molecule has 2 saturated heterocycles. The Balaban J connectivity index is 1.68. The van der Waals surface area contributed by atoms with E-state index in [1.165, 1.54) is 12.1 Å². The van der Waals surface area contributed by atoms with E-state index in [2.05, 4.69) is 0 Å². The van der Waals surface area contributed by atoms with Gasteiger partial charge >= 0.3 is 6.18 Å². The molecule has 122 valence electrons. The lowest BCUT2D eigenvalue weighted by Gasteiger charge is -2.32. The molecule has 4 nitrogen and oxygen atoms in total. The van der Waals surface area contributed by atoms with Crippen molar-refractivity contribution in [2.24, 2.45) is 0 Å². The summed E-state index contributed by atoms with van der Waals surface area (Å²) in [7, 11) is 1.57. The van der Waals surface area contributed by atoms with Gasteiger partial charge in [-0.15, -0.1) is 0 Å². The van der Waals surface area contributed by atoms with Gasteiger partial charge in [-0.05, 0) is 11.6 Å². The molecule has 3 rings (SSSR count). The fraction of sp³-hybridized carbons (Fsp3) is 0.600. The molecule has 0 spiro atoms. The lowest BCUT2D eigenvalue weighted by molar-refractivity contribution is -0.205. The summed E-state index contributed by atoms with van der Waals surface area (Å²) in [6.45, 7) is 0.271. The highest BCUT2D eigenvalue weighted by atomic mass is 19.4. The Kier molecular flexibility index (Phi) is 4.40. The van der Waals surface area contributed by atoms with E-state index >= 15 is 0 Å². The minimum Gasteiger partial charge on any atom is -0.379 e. The normalized spacial score (nSPS) is 31.5. The summed E-state index contributed by atoms with van der Waals surface area (Å²) >= 11 is 0. The Labute approximate surface area is 126 Å². The van der Waals surface area contributed by atoms with Gasteiger partial charge in [0.2, 0.25) is 0 Å². The molecule has 0 radical (unpaired) electrons.